The monoisotopic (exact) mass is 298 g/mol. The molecule has 0 fully saturated rings. The number of phenols is 1. The van der Waals surface area contributed by atoms with Gasteiger partial charge in [0.15, 0.2) is 11.5 Å². The molecule has 2 aromatic carbocycles. The van der Waals surface area contributed by atoms with Crippen LogP contribution in [0.3, 0.4) is 0 Å². The van der Waals surface area contributed by atoms with Gasteiger partial charge in [0.25, 0.3) is 0 Å². The van der Waals surface area contributed by atoms with Crippen molar-refractivity contribution in [3.05, 3.63) is 65.7 Å². The lowest BCUT2D eigenvalue weighted by Gasteiger charge is -2.04. The van der Waals surface area contributed by atoms with Crippen LogP contribution in [-0.2, 0) is 16.0 Å². The van der Waals surface area contributed by atoms with E-state index in [1.807, 2.05) is 30.3 Å². The third-order valence-corrected chi connectivity index (χ3v) is 3.09. The van der Waals surface area contributed by atoms with Gasteiger partial charge in [-0.25, -0.2) is 4.79 Å². The summed E-state index contributed by atoms with van der Waals surface area (Å²) in [5.41, 5.74) is 1.82. The summed E-state index contributed by atoms with van der Waals surface area (Å²) in [5.74, 6) is 0.0101. The van der Waals surface area contributed by atoms with E-state index in [1.165, 1.54) is 19.3 Å². The van der Waals surface area contributed by atoms with E-state index in [2.05, 4.69) is 0 Å². The van der Waals surface area contributed by atoms with Gasteiger partial charge in [0.2, 0.25) is 0 Å². The van der Waals surface area contributed by atoms with Gasteiger partial charge in [-0.05, 0) is 29.3 Å². The maximum absolute atomic E-state index is 11.6. The molecule has 2 rings (SSSR count). The predicted molar refractivity (Wildman–Crippen MR) is 84.8 cm³/mol. The van der Waals surface area contributed by atoms with Crippen molar-refractivity contribution in [3.8, 4) is 11.5 Å². The number of rotatable bonds is 6. The number of benzene rings is 2. The van der Waals surface area contributed by atoms with Crippen LogP contribution in [0.1, 0.15) is 11.1 Å². The van der Waals surface area contributed by atoms with Gasteiger partial charge in [0.05, 0.1) is 13.7 Å². The average Bonchev–Trinajstić information content (AvgIpc) is 2.54. The molecule has 0 amide bonds. The van der Waals surface area contributed by atoms with Crippen molar-refractivity contribution in [2.24, 2.45) is 0 Å². The van der Waals surface area contributed by atoms with Crippen molar-refractivity contribution in [2.45, 2.75) is 6.42 Å². The zero-order valence-corrected chi connectivity index (χ0v) is 12.4. The number of phenolic OH excluding ortho intramolecular Hbond substituents is 1. The Hall–Kier alpha value is -2.75. The number of carbonyl (C=O) groups excluding carboxylic acids is 1. The molecule has 0 atom stereocenters. The minimum absolute atomic E-state index is 0.0297. The molecule has 0 unspecified atom stereocenters. The summed E-state index contributed by atoms with van der Waals surface area (Å²) in [5, 5.41) is 9.65. The van der Waals surface area contributed by atoms with E-state index < -0.39 is 5.97 Å². The van der Waals surface area contributed by atoms with Gasteiger partial charge >= 0.3 is 5.97 Å². The Balaban J connectivity index is 1.82. The summed E-state index contributed by atoms with van der Waals surface area (Å²) in [6, 6.07) is 14.7. The van der Waals surface area contributed by atoms with Crippen molar-refractivity contribution in [3.63, 3.8) is 0 Å². The highest BCUT2D eigenvalue weighted by Gasteiger charge is 2.02. The number of hydrogen-bond donors (Lipinski definition) is 1. The lowest BCUT2D eigenvalue weighted by Crippen LogP contribution is -2.04. The highest BCUT2D eigenvalue weighted by Crippen LogP contribution is 2.26. The van der Waals surface area contributed by atoms with Gasteiger partial charge in [0.1, 0.15) is 0 Å². The summed E-state index contributed by atoms with van der Waals surface area (Å²) >= 11 is 0. The van der Waals surface area contributed by atoms with E-state index >= 15 is 0 Å². The van der Waals surface area contributed by atoms with Crippen LogP contribution in [0.25, 0.3) is 6.08 Å². The lowest BCUT2D eigenvalue weighted by molar-refractivity contribution is -0.137. The molecule has 4 nitrogen and oxygen atoms in total. The second kappa shape index (κ2) is 7.88. The van der Waals surface area contributed by atoms with E-state index in [0.29, 0.717) is 24.3 Å². The van der Waals surface area contributed by atoms with Crippen LogP contribution in [-0.4, -0.2) is 24.8 Å². The maximum atomic E-state index is 11.6. The SMILES string of the molecule is COc1ccc(/C=C/C(=O)OCCc2ccccc2)cc1O. The standard InChI is InChI=1S/C18H18O4/c1-21-17-9-7-15(13-16(17)19)8-10-18(20)22-12-11-14-5-3-2-4-6-14/h2-10,13,19H,11-12H2,1H3/b10-8+. The van der Waals surface area contributed by atoms with Crippen LogP contribution >= 0.6 is 0 Å². The van der Waals surface area contributed by atoms with E-state index in [0.717, 1.165) is 5.56 Å². The predicted octanol–water partition coefficient (Wildman–Crippen LogP) is 3.20. The number of esters is 1. The second-order valence-corrected chi connectivity index (χ2v) is 4.67. The normalized spacial score (nSPS) is 10.6. The first-order chi connectivity index (χ1) is 10.7. The summed E-state index contributed by atoms with van der Waals surface area (Å²) < 4.78 is 10.1. The number of ether oxygens (including phenoxy) is 2. The van der Waals surface area contributed by atoms with Crippen molar-refractivity contribution in [1.29, 1.82) is 0 Å². The molecule has 0 aromatic heterocycles. The Morgan fingerprint density at radius 2 is 1.95 bits per heavy atom. The molecule has 0 saturated carbocycles. The molecule has 4 heteroatoms. The van der Waals surface area contributed by atoms with E-state index in [4.69, 9.17) is 9.47 Å². The molecule has 0 aliphatic carbocycles. The van der Waals surface area contributed by atoms with Crippen LogP contribution in [0.4, 0.5) is 0 Å². The molecule has 0 radical (unpaired) electrons. The molecule has 1 N–H and O–H groups in total. The van der Waals surface area contributed by atoms with Gasteiger partial charge < -0.3 is 14.6 Å². The van der Waals surface area contributed by atoms with Gasteiger partial charge in [-0.3, -0.25) is 0 Å². The van der Waals surface area contributed by atoms with Gasteiger partial charge in [0, 0.05) is 12.5 Å². The zero-order valence-electron chi connectivity index (χ0n) is 12.4. The average molecular weight is 298 g/mol. The molecule has 114 valence electrons. The first kappa shape index (κ1) is 15.6. The van der Waals surface area contributed by atoms with E-state index in [-0.39, 0.29) is 5.75 Å². The Labute approximate surface area is 129 Å². The fraction of sp³-hybridized carbons (Fsp3) is 0.167. The van der Waals surface area contributed by atoms with Gasteiger partial charge in [-0.15, -0.1) is 0 Å². The third kappa shape index (κ3) is 4.66. The zero-order chi connectivity index (χ0) is 15.8. The van der Waals surface area contributed by atoms with Crippen LogP contribution in [0.5, 0.6) is 11.5 Å². The highest BCUT2D eigenvalue weighted by molar-refractivity contribution is 5.87. The first-order valence-corrected chi connectivity index (χ1v) is 6.95. The Morgan fingerprint density at radius 1 is 1.18 bits per heavy atom. The number of methoxy groups -OCH3 is 1. The smallest absolute Gasteiger partial charge is 0.330 e. The molecule has 0 heterocycles. The summed E-state index contributed by atoms with van der Waals surface area (Å²) in [7, 11) is 1.48. The van der Waals surface area contributed by atoms with Crippen LogP contribution in [0.2, 0.25) is 0 Å². The number of hydrogen-bond acceptors (Lipinski definition) is 4. The van der Waals surface area contributed by atoms with Crippen molar-refractivity contribution in [2.75, 3.05) is 13.7 Å². The summed E-state index contributed by atoms with van der Waals surface area (Å²) in [6.45, 7) is 0.334. The molecular formula is C18H18O4. The minimum atomic E-state index is -0.411. The topological polar surface area (TPSA) is 55.8 Å². The van der Waals surface area contributed by atoms with Crippen molar-refractivity contribution < 1.29 is 19.4 Å². The number of aromatic hydroxyl groups is 1. The molecule has 0 saturated heterocycles. The lowest BCUT2D eigenvalue weighted by atomic mass is 10.2. The quantitative estimate of drug-likeness (QED) is 0.657. The Kier molecular flexibility index (Phi) is 5.60. The van der Waals surface area contributed by atoms with Crippen LogP contribution < -0.4 is 4.74 Å². The molecule has 0 bridgehead atoms. The van der Waals surface area contributed by atoms with E-state index in [9.17, 15) is 9.90 Å². The van der Waals surface area contributed by atoms with Gasteiger partial charge in [-0.1, -0.05) is 36.4 Å². The molecule has 0 spiro atoms. The molecule has 22 heavy (non-hydrogen) atoms. The largest absolute Gasteiger partial charge is 0.504 e. The molecule has 2 aromatic rings. The first-order valence-electron chi connectivity index (χ1n) is 6.95. The van der Waals surface area contributed by atoms with Crippen molar-refractivity contribution in [1.82, 2.24) is 0 Å². The highest BCUT2D eigenvalue weighted by atomic mass is 16.5. The fourth-order valence-electron chi connectivity index (χ4n) is 1.94. The van der Waals surface area contributed by atoms with Crippen LogP contribution in [0, 0.1) is 0 Å². The Bertz CT molecular complexity index is 647. The summed E-state index contributed by atoms with van der Waals surface area (Å²) in [4.78, 5) is 11.6. The van der Waals surface area contributed by atoms with Gasteiger partial charge in [-0.2, -0.15) is 0 Å². The third-order valence-electron chi connectivity index (χ3n) is 3.09. The fourth-order valence-corrected chi connectivity index (χ4v) is 1.94. The molecule has 0 aliphatic rings. The minimum Gasteiger partial charge on any atom is -0.504 e. The van der Waals surface area contributed by atoms with Crippen LogP contribution in [0.15, 0.2) is 54.6 Å². The maximum Gasteiger partial charge on any atom is 0.330 e. The molecular weight excluding hydrogens is 280 g/mol. The number of carbonyl (C=O) groups is 1. The summed E-state index contributed by atoms with van der Waals surface area (Å²) in [6.07, 6.45) is 3.61. The van der Waals surface area contributed by atoms with Crippen molar-refractivity contribution >= 4 is 12.0 Å². The molecule has 0 aliphatic heterocycles. The Morgan fingerprint density at radius 3 is 2.64 bits per heavy atom. The van der Waals surface area contributed by atoms with E-state index in [1.54, 1.807) is 18.2 Å². The second-order valence-electron chi connectivity index (χ2n) is 4.67.